The fraction of sp³-hybridized carbons (Fsp3) is 0.500. The van der Waals surface area contributed by atoms with E-state index in [4.69, 9.17) is 4.74 Å². The molecule has 1 aliphatic rings. The summed E-state index contributed by atoms with van der Waals surface area (Å²) in [6.07, 6.45) is 0.552. The van der Waals surface area contributed by atoms with Crippen LogP contribution in [0.1, 0.15) is 23.7 Å². The highest BCUT2D eigenvalue weighted by molar-refractivity contribution is 9.10. The zero-order chi connectivity index (χ0) is 10.8. The standard InChI is InChI=1S/C12H15BrO2/c1-8-2-3-9(6-11(8)13)12(14)10-4-5-15-7-10/h2-3,6,10,12,14H,4-5,7H2,1H3. The molecule has 1 saturated heterocycles. The minimum Gasteiger partial charge on any atom is -0.388 e. The first-order valence-electron chi connectivity index (χ1n) is 5.20. The number of rotatable bonds is 2. The van der Waals surface area contributed by atoms with Gasteiger partial charge in [0.2, 0.25) is 0 Å². The summed E-state index contributed by atoms with van der Waals surface area (Å²) in [5.41, 5.74) is 2.16. The minimum absolute atomic E-state index is 0.250. The maximum absolute atomic E-state index is 10.1. The van der Waals surface area contributed by atoms with Crippen LogP contribution in [0, 0.1) is 12.8 Å². The molecule has 0 radical (unpaired) electrons. The fourth-order valence-corrected chi connectivity index (χ4v) is 2.26. The van der Waals surface area contributed by atoms with Crippen molar-refractivity contribution < 1.29 is 9.84 Å². The largest absolute Gasteiger partial charge is 0.388 e. The van der Waals surface area contributed by atoms with Crippen molar-refractivity contribution >= 4 is 15.9 Å². The second kappa shape index (κ2) is 4.64. The molecule has 1 aromatic rings. The number of benzene rings is 1. The topological polar surface area (TPSA) is 29.5 Å². The molecule has 1 fully saturated rings. The van der Waals surface area contributed by atoms with Gasteiger partial charge in [-0.25, -0.2) is 0 Å². The molecule has 82 valence electrons. The van der Waals surface area contributed by atoms with Crippen molar-refractivity contribution in [3.63, 3.8) is 0 Å². The third-order valence-corrected chi connectivity index (χ3v) is 3.80. The van der Waals surface area contributed by atoms with Crippen molar-refractivity contribution in [1.82, 2.24) is 0 Å². The van der Waals surface area contributed by atoms with E-state index in [9.17, 15) is 5.11 Å². The van der Waals surface area contributed by atoms with Gasteiger partial charge in [0.25, 0.3) is 0 Å². The Morgan fingerprint density at radius 2 is 2.33 bits per heavy atom. The van der Waals surface area contributed by atoms with Gasteiger partial charge >= 0.3 is 0 Å². The second-order valence-electron chi connectivity index (χ2n) is 4.08. The van der Waals surface area contributed by atoms with Gasteiger partial charge in [-0.2, -0.15) is 0 Å². The average molecular weight is 271 g/mol. The normalized spacial score (nSPS) is 23.0. The lowest BCUT2D eigenvalue weighted by molar-refractivity contribution is 0.0917. The molecule has 0 aromatic heterocycles. The van der Waals surface area contributed by atoms with Crippen LogP contribution in [0.5, 0.6) is 0 Å². The highest BCUT2D eigenvalue weighted by Crippen LogP contribution is 2.30. The Labute approximate surface area is 98.4 Å². The van der Waals surface area contributed by atoms with Gasteiger partial charge in [0.05, 0.1) is 12.7 Å². The number of aryl methyl sites for hydroxylation is 1. The van der Waals surface area contributed by atoms with Crippen LogP contribution in [0.3, 0.4) is 0 Å². The first-order chi connectivity index (χ1) is 7.18. The molecule has 2 atom stereocenters. The van der Waals surface area contributed by atoms with Gasteiger partial charge in [0.1, 0.15) is 0 Å². The lowest BCUT2D eigenvalue weighted by atomic mass is 9.95. The van der Waals surface area contributed by atoms with E-state index in [0.717, 1.165) is 23.1 Å². The molecule has 2 nitrogen and oxygen atoms in total. The van der Waals surface area contributed by atoms with Crippen molar-refractivity contribution in [2.24, 2.45) is 5.92 Å². The summed E-state index contributed by atoms with van der Waals surface area (Å²) in [6, 6.07) is 6.01. The minimum atomic E-state index is -0.399. The Hall–Kier alpha value is -0.380. The molecule has 0 spiro atoms. The summed E-state index contributed by atoms with van der Waals surface area (Å²) in [5.74, 6) is 0.250. The van der Waals surface area contributed by atoms with Crippen molar-refractivity contribution in [3.05, 3.63) is 33.8 Å². The molecule has 1 N–H and O–H groups in total. The maximum Gasteiger partial charge on any atom is 0.0841 e. The molecule has 0 bridgehead atoms. The third kappa shape index (κ3) is 2.41. The van der Waals surface area contributed by atoms with Crippen LogP contribution >= 0.6 is 15.9 Å². The molecule has 15 heavy (non-hydrogen) atoms. The molecule has 2 rings (SSSR count). The molecule has 2 unspecified atom stereocenters. The van der Waals surface area contributed by atoms with Crippen molar-refractivity contribution in [1.29, 1.82) is 0 Å². The molecule has 1 aliphatic heterocycles. The van der Waals surface area contributed by atoms with E-state index in [1.54, 1.807) is 0 Å². The van der Waals surface area contributed by atoms with Gasteiger partial charge < -0.3 is 9.84 Å². The molecule has 0 aliphatic carbocycles. The zero-order valence-electron chi connectivity index (χ0n) is 8.74. The van der Waals surface area contributed by atoms with Crippen LogP contribution < -0.4 is 0 Å². The van der Waals surface area contributed by atoms with Gasteiger partial charge in [0, 0.05) is 17.0 Å². The average Bonchev–Trinajstić information content (AvgIpc) is 2.74. The Balaban J connectivity index is 2.17. The summed E-state index contributed by atoms with van der Waals surface area (Å²) in [6.45, 7) is 3.49. The van der Waals surface area contributed by atoms with Crippen molar-refractivity contribution in [2.75, 3.05) is 13.2 Å². The summed E-state index contributed by atoms with van der Waals surface area (Å²) >= 11 is 3.48. The summed E-state index contributed by atoms with van der Waals surface area (Å²) < 4.78 is 6.34. The van der Waals surface area contributed by atoms with Gasteiger partial charge in [-0.1, -0.05) is 28.1 Å². The van der Waals surface area contributed by atoms with E-state index >= 15 is 0 Å². The predicted octanol–water partition coefficient (Wildman–Crippen LogP) is 2.83. The summed E-state index contributed by atoms with van der Waals surface area (Å²) in [7, 11) is 0. The first kappa shape index (κ1) is 11.1. The number of hydrogen-bond acceptors (Lipinski definition) is 2. The van der Waals surface area contributed by atoms with Crippen molar-refractivity contribution in [3.8, 4) is 0 Å². The first-order valence-corrected chi connectivity index (χ1v) is 5.99. The van der Waals surface area contributed by atoms with Crippen LogP contribution in [-0.2, 0) is 4.74 Å². The third-order valence-electron chi connectivity index (χ3n) is 2.95. The highest BCUT2D eigenvalue weighted by atomic mass is 79.9. The second-order valence-corrected chi connectivity index (χ2v) is 4.93. The molecule has 1 aromatic carbocycles. The molecule has 0 saturated carbocycles. The number of aliphatic hydroxyl groups is 1. The summed E-state index contributed by atoms with van der Waals surface area (Å²) in [4.78, 5) is 0. The van der Waals surface area contributed by atoms with Gasteiger partial charge in [-0.15, -0.1) is 0 Å². The molecule has 3 heteroatoms. The van der Waals surface area contributed by atoms with Gasteiger partial charge in [-0.05, 0) is 30.5 Å². The van der Waals surface area contributed by atoms with E-state index in [0.29, 0.717) is 6.61 Å². The Morgan fingerprint density at radius 1 is 1.53 bits per heavy atom. The lowest BCUT2D eigenvalue weighted by Gasteiger charge is -2.17. The van der Waals surface area contributed by atoms with Crippen LogP contribution in [0.25, 0.3) is 0 Å². The molecule has 0 amide bonds. The zero-order valence-corrected chi connectivity index (χ0v) is 10.3. The Bertz CT molecular complexity index is 345. The lowest BCUT2D eigenvalue weighted by Crippen LogP contribution is -2.12. The number of ether oxygens (including phenoxy) is 1. The van der Waals surface area contributed by atoms with E-state index in [1.807, 2.05) is 25.1 Å². The van der Waals surface area contributed by atoms with Crippen molar-refractivity contribution in [2.45, 2.75) is 19.4 Å². The monoisotopic (exact) mass is 270 g/mol. The van der Waals surface area contributed by atoms with E-state index in [-0.39, 0.29) is 5.92 Å². The van der Waals surface area contributed by atoms with E-state index in [1.165, 1.54) is 5.56 Å². The SMILES string of the molecule is Cc1ccc(C(O)C2CCOC2)cc1Br. The Kier molecular flexibility index (Phi) is 3.44. The van der Waals surface area contributed by atoms with Crippen LogP contribution in [0.15, 0.2) is 22.7 Å². The molecular formula is C12H15BrO2. The van der Waals surface area contributed by atoms with Gasteiger partial charge in [-0.3, -0.25) is 0 Å². The number of halogens is 1. The Morgan fingerprint density at radius 3 is 2.93 bits per heavy atom. The smallest absolute Gasteiger partial charge is 0.0841 e. The van der Waals surface area contributed by atoms with Crippen LogP contribution in [0.4, 0.5) is 0 Å². The van der Waals surface area contributed by atoms with Crippen LogP contribution in [0.2, 0.25) is 0 Å². The quantitative estimate of drug-likeness (QED) is 0.896. The van der Waals surface area contributed by atoms with Gasteiger partial charge in [0.15, 0.2) is 0 Å². The molecular weight excluding hydrogens is 256 g/mol. The van der Waals surface area contributed by atoms with E-state index in [2.05, 4.69) is 15.9 Å². The van der Waals surface area contributed by atoms with Crippen LogP contribution in [-0.4, -0.2) is 18.3 Å². The number of hydrogen-bond donors (Lipinski definition) is 1. The predicted molar refractivity (Wildman–Crippen MR) is 62.8 cm³/mol. The maximum atomic E-state index is 10.1. The summed E-state index contributed by atoms with van der Waals surface area (Å²) in [5, 5.41) is 10.1. The highest BCUT2D eigenvalue weighted by Gasteiger charge is 2.25. The molecule has 1 heterocycles. The fourth-order valence-electron chi connectivity index (χ4n) is 1.87. The van der Waals surface area contributed by atoms with E-state index < -0.39 is 6.10 Å². The number of aliphatic hydroxyl groups excluding tert-OH is 1.